The molecule has 0 aliphatic heterocycles. The number of rotatable bonds is 4. The number of pyridine rings is 1. The van der Waals surface area contributed by atoms with E-state index < -0.39 is 17.4 Å². The number of carboxylic acids is 1. The molecule has 1 amide bonds. The molecule has 6 heteroatoms. The normalized spacial score (nSPS) is 10.2. The van der Waals surface area contributed by atoms with Crippen LogP contribution in [0.1, 0.15) is 26.4 Å². The topological polar surface area (TPSA) is 102 Å². The molecule has 102 valence electrons. The van der Waals surface area contributed by atoms with Gasteiger partial charge in [0.1, 0.15) is 5.69 Å². The predicted octanol–water partition coefficient (Wildman–Crippen LogP) is 0.694. The second-order valence-corrected chi connectivity index (χ2v) is 4.21. The van der Waals surface area contributed by atoms with Crippen LogP contribution in [0.15, 0.2) is 47.3 Å². The first-order chi connectivity index (χ1) is 9.49. The number of carbonyl (C=O) groups excluding carboxylic acids is 1. The molecule has 0 aliphatic rings. The number of nitrogens with two attached hydrogens (primary N) is 1. The summed E-state index contributed by atoms with van der Waals surface area (Å²) in [5, 5.41) is 9.08. The van der Waals surface area contributed by atoms with E-state index in [-0.39, 0.29) is 12.2 Å². The van der Waals surface area contributed by atoms with E-state index in [9.17, 15) is 14.4 Å². The summed E-state index contributed by atoms with van der Waals surface area (Å²) < 4.78 is 1.13. The van der Waals surface area contributed by atoms with Gasteiger partial charge in [-0.2, -0.15) is 0 Å². The lowest BCUT2D eigenvalue weighted by molar-refractivity contribution is 0.0683. The number of benzene rings is 1. The van der Waals surface area contributed by atoms with Gasteiger partial charge in [0.15, 0.2) is 0 Å². The van der Waals surface area contributed by atoms with Crippen LogP contribution in [0.25, 0.3) is 0 Å². The molecule has 3 N–H and O–H groups in total. The minimum atomic E-state index is -1.19. The van der Waals surface area contributed by atoms with Crippen LogP contribution in [0.2, 0.25) is 0 Å². The Morgan fingerprint density at radius 1 is 1.15 bits per heavy atom. The van der Waals surface area contributed by atoms with Gasteiger partial charge in [-0.3, -0.25) is 14.2 Å². The van der Waals surface area contributed by atoms with E-state index in [1.54, 1.807) is 18.2 Å². The number of amides is 1. The van der Waals surface area contributed by atoms with Gasteiger partial charge in [0.2, 0.25) is 5.91 Å². The summed E-state index contributed by atoms with van der Waals surface area (Å²) in [5.74, 6) is -1.76. The largest absolute Gasteiger partial charge is 0.477 e. The third kappa shape index (κ3) is 2.74. The first-order valence-electron chi connectivity index (χ1n) is 5.81. The summed E-state index contributed by atoms with van der Waals surface area (Å²) in [6.07, 6.45) is 0. The smallest absolute Gasteiger partial charge is 0.352 e. The first-order valence-corrected chi connectivity index (χ1v) is 5.81. The van der Waals surface area contributed by atoms with Crippen LogP contribution in [-0.4, -0.2) is 21.6 Å². The second kappa shape index (κ2) is 5.40. The highest BCUT2D eigenvalue weighted by Gasteiger charge is 2.11. The lowest BCUT2D eigenvalue weighted by atomic mass is 10.1. The van der Waals surface area contributed by atoms with Gasteiger partial charge in [0.05, 0.1) is 6.54 Å². The molecule has 0 fully saturated rings. The Kier molecular flexibility index (Phi) is 3.65. The molecule has 1 aromatic heterocycles. The van der Waals surface area contributed by atoms with Gasteiger partial charge in [-0.05, 0) is 23.8 Å². The maximum Gasteiger partial charge on any atom is 0.352 e. The molecular weight excluding hydrogens is 260 g/mol. The summed E-state index contributed by atoms with van der Waals surface area (Å²) >= 11 is 0. The molecule has 0 radical (unpaired) electrons. The predicted molar refractivity (Wildman–Crippen MR) is 71.7 cm³/mol. The molecule has 0 saturated heterocycles. The number of aromatic carboxylic acids is 1. The van der Waals surface area contributed by atoms with Gasteiger partial charge in [-0.15, -0.1) is 0 Å². The van der Waals surface area contributed by atoms with Crippen LogP contribution < -0.4 is 11.3 Å². The first kappa shape index (κ1) is 13.5. The molecule has 0 aliphatic carbocycles. The number of nitrogens with zero attached hydrogens (tertiary/aromatic N) is 1. The van der Waals surface area contributed by atoms with Gasteiger partial charge in [-0.1, -0.05) is 18.2 Å². The third-order valence-corrected chi connectivity index (χ3v) is 2.82. The fraction of sp³-hybridized carbons (Fsp3) is 0.0714. The summed E-state index contributed by atoms with van der Waals surface area (Å²) in [7, 11) is 0. The van der Waals surface area contributed by atoms with Crippen LogP contribution in [0.4, 0.5) is 0 Å². The van der Waals surface area contributed by atoms with Crippen molar-refractivity contribution in [3.05, 3.63) is 69.6 Å². The SMILES string of the molecule is NC(=O)c1cccc(Cn2c(C(=O)O)cccc2=O)c1. The fourth-order valence-corrected chi connectivity index (χ4v) is 1.88. The maximum atomic E-state index is 11.8. The molecule has 0 bridgehead atoms. The highest BCUT2D eigenvalue weighted by molar-refractivity contribution is 5.92. The van der Waals surface area contributed by atoms with Crippen molar-refractivity contribution >= 4 is 11.9 Å². The molecule has 1 heterocycles. The number of carbonyl (C=O) groups is 2. The molecule has 2 rings (SSSR count). The second-order valence-electron chi connectivity index (χ2n) is 4.21. The van der Waals surface area contributed by atoms with E-state index in [4.69, 9.17) is 10.8 Å². The van der Waals surface area contributed by atoms with E-state index in [2.05, 4.69) is 0 Å². The summed E-state index contributed by atoms with van der Waals surface area (Å²) in [6, 6.07) is 10.4. The van der Waals surface area contributed by atoms with Crippen LogP contribution >= 0.6 is 0 Å². The van der Waals surface area contributed by atoms with E-state index in [0.717, 1.165) is 4.57 Å². The van der Waals surface area contributed by atoms with Gasteiger partial charge in [-0.25, -0.2) is 4.79 Å². The molecule has 0 unspecified atom stereocenters. The fourth-order valence-electron chi connectivity index (χ4n) is 1.88. The number of aromatic nitrogens is 1. The third-order valence-electron chi connectivity index (χ3n) is 2.82. The van der Waals surface area contributed by atoms with Crippen molar-refractivity contribution in [1.29, 1.82) is 0 Å². The average Bonchev–Trinajstić information content (AvgIpc) is 2.41. The van der Waals surface area contributed by atoms with Crippen LogP contribution in [0.5, 0.6) is 0 Å². The quantitative estimate of drug-likeness (QED) is 0.854. The van der Waals surface area contributed by atoms with Crippen LogP contribution in [-0.2, 0) is 6.54 Å². The summed E-state index contributed by atoms with van der Waals surface area (Å²) in [4.78, 5) is 34.0. The van der Waals surface area contributed by atoms with E-state index in [1.165, 1.54) is 24.3 Å². The van der Waals surface area contributed by atoms with Crippen molar-refractivity contribution in [1.82, 2.24) is 4.57 Å². The zero-order valence-electron chi connectivity index (χ0n) is 10.4. The minimum absolute atomic E-state index is 0.0580. The monoisotopic (exact) mass is 272 g/mol. The number of hydrogen-bond donors (Lipinski definition) is 2. The van der Waals surface area contributed by atoms with Gasteiger partial charge < -0.3 is 10.8 Å². The van der Waals surface area contributed by atoms with Crippen molar-refractivity contribution in [3.63, 3.8) is 0 Å². The van der Waals surface area contributed by atoms with Crippen LogP contribution in [0, 0.1) is 0 Å². The Morgan fingerprint density at radius 3 is 2.50 bits per heavy atom. The Morgan fingerprint density at radius 2 is 1.85 bits per heavy atom. The van der Waals surface area contributed by atoms with Gasteiger partial charge in [0.25, 0.3) is 5.56 Å². The lowest BCUT2D eigenvalue weighted by Gasteiger charge is -2.10. The summed E-state index contributed by atoms with van der Waals surface area (Å²) in [5.41, 5.74) is 5.58. The van der Waals surface area contributed by atoms with E-state index in [0.29, 0.717) is 11.1 Å². The zero-order valence-corrected chi connectivity index (χ0v) is 10.4. The number of hydrogen-bond acceptors (Lipinski definition) is 3. The lowest BCUT2D eigenvalue weighted by Crippen LogP contribution is -2.25. The van der Waals surface area contributed by atoms with Crippen molar-refractivity contribution < 1.29 is 14.7 Å². The Hall–Kier alpha value is -2.89. The van der Waals surface area contributed by atoms with Crippen molar-refractivity contribution in [2.75, 3.05) is 0 Å². The average molecular weight is 272 g/mol. The minimum Gasteiger partial charge on any atom is -0.477 e. The van der Waals surface area contributed by atoms with Gasteiger partial charge in [0, 0.05) is 11.6 Å². The Labute approximate surface area is 114 Å². The number of primary amides is 1. The molecule has 1 aromatic carbocycles. The molecule has 2 aromatic rings. The summed E-state index contributed by atoms with van der Waals surface area (Å²) in [6.45, 7) is 0.0580. The van der Waals surface area contributed by atoms with Gasteiger partial charge >= 0.3 is 5.97 Å². The van der Waals surface area contributed by atoms with Crippen molar-refractivity contribution in [3.8, 4) is 0 Å². The highest BCUT2D eigenvalue weighted by Crippen LogP contribution is 2.08. The zero-order chi connectivity index (χ0) is 14.7. The molecule has 20 heavy (non-hydrogen) atoms. The molecule has 0 spiro atoms. The van der Waals surface area contributed by atoms with Crippen molar-refractivity contribution in [2.45, 2.75) is 6.54 Å². The highest BCUT2D eigenvalue weighted by atomic mass is 16.4. The Bertz CT molecular complexity index is 734. The Balaban J connectivity index is 2.45. The molecule has 0 atom stereocenters. The van der Waals surface area contributed by atoms with Crippen LogP contribution in [0.3, 0.4) is 0 Å². The standard InChI is InChI=1S/C14H12N2O4/c15-13(18)10-4-1-3-9(7-10)8-16-11(14(19)20)5-2-6-12(16)17/h1-7H,8H2,(H2,15,18)(H,19,20). The van der Waals surface area contributed by atoms with Crippen molar-refractivity contribution in [2.24, 2.45) is 5.73 Å². The van der Waals surface area contributed by atoms with E-state index >= 15 is 0 Å². The number of carboxylic acid groups (broad SMARTS) is 1. The van der Waals surface area contributed by atoms with E-state index in [1.807, 2.05) is 0 Å². The molecule has 0 saturated carbocycles. The molecular formula is C14H12N2O4. The maximum absolute atomic E-state index is 11.8. The molecule has 6 nitrogen and oxygen atoms in total.